The number of quaternary nitrogens is 1. The van der Waals surface area contributed by atoms with Crippen molar-refractivity contribution in [2.24, 2.45) is 5.92 Å². The highest BCUT2D eigenvalue weighted by Crippen LogP contribution is 2.39. The van der Waals surface area contributed by atoms with Crippen molar-refractivity contribution in [3.05, 3.63) is 16.8 Å². The third-order valence-corrected chi connectivity index (χ3v) is 6.45. The molecule has 24 heavy (non-hydrogen) atoms. The summed E-state index contributed by atoms with van der Waals surface area (Å²) in [6.07, 6.45) is 6.55. The number of rotatable bonds is 5. The van der Waals surface area contributed by atoms with Crippen molar-refractivity contribution >= 4 is 27.4 Å². The van der Waals surface area contributed by atoms with Crippen LogP contribution in [0.5, 0.6) is 0 Å². The monoisotopic (exact) mass is 347 g/mol. The van der Waals surface area contributed by atoms with Gasteiger partial charge in [-0.25, -0.2) is 9.97 Å². The first-order valence-corrected chi connectivity index (χ1v) is 10.0. The normalized spacial score (nSPS) is 21.8. The van der Waals surface area contributed by atoms with Gasteiger partial charge in [-0.15, -0.1) is 11.3 Å². The summed E-state index contributed by atoms with van der Waals surface area (Å²) in [5, 5.41) is 4.88. The van der Waals surface area contributed by atoms with Crippen LogP contribution in [0, 0.1) is 5.92 Å². The molecule has 4 rings (SSSR count). The van der Waals surface area contributed by atoms with Crippen LogP contribution in [-0.2, 0) is 17.6 Å². The molecule has 0 aromatic carbocycles. The van der Waals surface area contributed by atoms with Gasteiger partial charge in [-0.2, -0.15) is 0 Å². The van der Waals surface area contributed by atoms with Crippen LogP contribution in [-0.4, -0.2) is 49.4 Å². The van der Waals surface area contributed by atoms with E-state index in [1.807, 2.05) is 11.3 Å². The molecule has 2 aromatic heterocycles. The number of anilines is 1. The molecule has 0 radical (unpaired) electrons. The van der Waals surface area contributed by atoms with Crippen LogP contribution in [0.25, 0.3) is 10.2 Å². The standard InChI is InChI=1S/C18H26N4OS/c1-13-3-4-14-15(11-13)24-18-16(14)17(20-12-21-18)19-5-2-6-22-7-9-23-10-8-22/h12-13H,2-11H2,1H3,(H,19,20,21)/p+1/t13-/m1/s1. The van der Waals surface area contributed by atoms with Crippen molar-refractivity contribution in [2.45, 2.75) is 32.6 Å². The fourth-order valence-electron chi connectivity index (χ4n) is 3.86. The lowest BCUT2D eigenvalue weighted by Gasteiger charge is -2.23. The number of ether oxygens (including phenoxy) is 1. The third-order valence-electron chi connectivity index (χ3n) is 5.29. The van der Waals surface area contributed by atoms with Crippen molar-refractivity contribution in [1.82, 2.24) is 9.97 Å². The van der Waals surface area contributed by atoms with Crippen molar-refractivity contribution in [1.29, 1.82) is 0 Å². The topological polar surface area (TPSA) is 51.5 Å². The Bertz CT molecular complexity index is 696. The van der Waals surface area contributed by atoms with Crippen molar-refractivity contribution in [3.63, 3.8) is 0 Å². The molecule has 3 heterocycles. The van der Waals surface area contributed by atoms with Gasteiger partial charge in [0.25, 0.3) is 0 Å². The summed E-state index contributed by atoms with van der Waals surface area (Å²) in [6, 6.07) is 0. The van der Waals surface area contributed by atoms with Gasteiger partial charge in [0, 0.05) is 17.8 Å². The van der Waals surface area contributed by atoms with E-state index < -0.39 is 0 Å². The Morgan fingerprint density at radius 2 is 2.21 bits per heavy atom. The molecule has 0 spiro atoms. The summed E-state index contributed by atoms with van der Waals surface area (Å²) in [6.45, 7) is 8.67. The summed E-state index contributed by atoms with van der Waals surface area (Å²) in [5.41, 5.74) is 1.51. The fourth-order valence-corrected chi connectivity index (χ4v) is 5.21. The van der Waals surface area contributed by atoms with Crippen molar-refractivity contribution in [3.8, 4) is 0 Å². The minimum Gasteiger partial charge on any atom is -0.370 e. The van der Waals surface area contributed by atoms with Crippen LogP contribution in [0.1, 0.15) is 30.2 Å². The molecule has 1 atom stereocenters. The van der Waals surface area contributed by atoms with E-state index in [0.717, 1.165) is 49.4 Å². The predicted octanol–water partition coefficient (Wildman–Crippen LogP) is 1.53. The third kappa shape index (κ3) is 3.41. The first kappa shape index (κ1) is 16.2. The van der Waals surface area contributed by atoms with Gasteiger partial charge in [0.15, 0.2) is 0 Å². The van der Waals surface area contributed by atoms with E-state index in [0.29, 0.717) is 0 Å². The van der Waals surface area contributed by atoms with E-state index in [1.165, 1.54) is 48.1 Å². The number of nitrogens with one attached hydrogen (secondary N) is 2. The average Bonchev–Trinajstić information content (AvgIpc) is 2.97. The van der Waals surface area contributed by atoms with E-state index in [-0.39, 0.29) is 0 Å². The van der Waals surface area contributed by atoms with Gasteiger partial charge >= 0.3 is 0 Å². The van der Waals surface area contributed by atoms with Gasteiger partial charge in [0.1, 0.15) is 30.1 Å². The van der Waals surface area contributed by atoms with E-state index in [1.54, 1.807) is 11.2 Å². The number of aryl methyl sites for hydroxylation is 1. The number of morpholine rings is 1. The van der Waals surface area contributed by atoms with Gasteiger partial charge in [0.2, 0.25) is 0 Å². The number of fused-ring (bicyclic) bond motifs is 3. The smallest absolute Gasteiger partial charge is 0.138 e. The Balaban J connectivity index is 1.42. The highest BCUT2D eigenvalue weighted by molar-refractivity contribution is 7.19. The average molecular weight is 348 g/mol. The summed E-state index contributed by atoms with van der Waals surface area (Å²) in [5.74, 6) is 1.84. The van der Waals surface area contributed by atoms with Crippen LogP contribution >= 0.6 is 11.3 Å². The largest absolute Gasteiger partial charge is 0.370 e. The molecule has 0 saturated carbocycles. The van der Waals surface area contributed by atoms with Crippen molar-refractivity contribution < 1.29 is 9.64 Å². The highest BCUT2D eigenvalue weighted by atomic mass is 32.1. The quantitative estimate of drug-likeness (QED) is 0.806. The lowest BCUT2D eigenvalue weighted by Crippen LogP contribution is -3.14. The summed E-state index contributed by atoms with van der Waals surface area (Å²) < 4.78 is 5.42. The maximum Gasteiger partial charge on any atom is 0.138 e. The van der Waals surface area contributed by atoms with Gasteiger partial charge in [-0.1, -0.05) is 6.92 Å². The highest BCUT2D eigenvalue weighted by Gasteiger charge is 2.23. The molecular formula is C18H27N4OS+. The lowest BCUT2D eigenvalue weighted by atomic mass is 9.89. The van der Waals surface area contributed by atoms with E-state index >= 15 is 0 Å². The first-order chi connectivity index (χ1) is 11.8. The molecule has 0 amide bonds. The zero-order valence-electron chi connectivity index (χ0n) is 14.4. The lowest BCUT2D eigenvalue weighted by molar-refractivity contribution is -0.908. The van der Waals surface area contributed by atoms with Gasteiger partial charge in [-0.05, 0) is 30.7 Å². The molecule has 0 bridgehead atoms. The molecule has 0 unspecified atom stereocenters. The zero-order valence-corrected chi connectivity index (χ0v) is 15.3. The fraction of sp³-hybridized carbons (Fsp3) is 0.667. The molecule has 1 aliphatic carbocycles. The molecule has 1 saturated heterocycles. The molecule has 5 nitrogen and oxygen atoms in total. The summed E-state index contributed by atoms with van der Waals surface area (Å²) in [7, 11) is 0. The maximum atomic E-state index is 5.42. The minimum atomic E-state index is 0.798. The van der Waals surface area contributed by atoms with E-state index in [4.69, 9.17) is 4.74 Å². The Morgan fingerprint density at radius 1 is 1.33 bits per heavy atom. The van der Waals surface area contributed by atoms with Crippen LogP contribution in [0.15, 0.2) is 6.33 Å². The first-order valence-electron chi connectivity index (χ1n) is 9.21. The predicted molar refractivity (Wildman–Crippen MR) is 98.1 cm³/mol. The maximum absolute atomic E-state index is 5.42. The molecule has 6 heteroatoms. The molecule has 1 fully saturated rings. The second-order valence-corrected chi connectivity index (χ2v) is 8.23. The SMILES string of the molecule is C[C@@H]1CCc2c(sc3ncnc(NCCC[NH+]4CCOCC4)c23)C1. The Kier molecular flexibility index (Phi) is 4.96. The molecule has 130 valence electrons. The molecular weight excluding hydrogens is 320 g/mol. The van der Waals surface area contributed by atoms with E-state index in [2.05, 4.69) is 22.2 Å². The summed E-state index contributed by atoms with van der Waals surface area (Å²) in [4.78, 5) is 13.4. The second kappa shape index (κ2) is 7.33. The van der Waals surface area contributed by atoms with E-state index in [9.17, 15) is 0 Å². The Labute approximate surface area is 147 Å². The second-order valence-electron chi connectivity index (χ2n) is 7.15. The molecule has 2 aliphatic rings. The molecule has 2 aromatic rings. The Hall–Kier alpha value is -1.24. The van der Waals surface area contributed by atoms with Crippen LogP contribution < -0.4 is 10.2 Å². The van der Waals surface area contributed by atoms with Gasteiger partial charge < -0.3 is 15.0 Å². The minimum absolute atomic E-state index is 0.798. The number of nitrogens with zero attached hydrogens (tertiary/aromatic N) is 2. The number of aromatic nitrogens is 2. The van der Waals surface area contributed by atoms with Gasteiger partial charge in [-0.3, -0.25) is 0 Å². The zero-order chi connectivity index (χ0) is 16.4. The van der Waals surface area contributed by atoms with Crippen LogP contribution in [0.4, 0.5) is 5.82 Å². The van der Waals surface area contributed by atoms with Crippen LogP contribution in [0.2, 0.25) is 0 Å². The molecule has 2 N–H and O–H groups in total. The summed E-state index contributed by atoms with van der Waals surface area (Å²) >= 11 is 1.87. The number of thiophene rings is 1. The number of hydrogen-bond donors (Lipinski definition) is 2. The Morgan fingerprint density at radius 3 is 3.08 bits per heavy atom. The molecule has 1 aliphatic heterocycles. The number of hydrogen-bond acceptors (Lipinski definition) is 5. The van der Waals surface area contributed by atoms with Crippen LogP contribution in [0.3, 0.4) is 0 Å². The van der Waals surface area contributed by atoms with Crippen molar-refractivity contribution in [2.75, 3.05) is 44.7 Å². The van der Waals surface area contributed by atoms with Gasteiger partial charge in [0.05, 0.1) is 25.1 Å².